The van der Waals surface area contributed by atoms with E-state index in [-0.39, 0.29) is 11.9 Å². The second-order valence-corrected chi connectivity index (χ2v) is 6.51. The summed E-state index contributed by atoms with van der Waals surface area (Å²) in [5.41, 5.74) is 2.79. The summed E-state index contributed by atoms with van der Waals surface area (Å²) in [5.74, 6) is 1.68. The largest absolute Gasteiger partial charge is 0.493 e. The highest BCUT2D eigenvalue weighted by Gasteiger charge is 2.29. The van der Waals surface area contributed by atoms with Crippen LogP contribution in [0.1, 0.15) is 40.9 Å². The van der Waals surface area contributed by atoms with E-state index in [1.807, 2.05) is 12.1 Å². The third-order valence-electron chi connectivity index (χ3n) is 4.77. The SMILES string of the molecule is CCN(C)Cc1ccc(C2CC(=O)c3cc(OC)c(OC)cc3O2)cc1. The fourth-order valence-corrected chi connectivity index (χ4v) is 3.10. The number of carbonyl (C=O) groups excluding carboxylic acids is 1. The van der Waals surface area contributed by atoms with E-state index >= 15 is 0 Å². The normalized spacial score (nSPS) is 16.2. The van der Waals surface area contributed by atoms with Gasteiger partial charge < -0.3 is 19.1 Å². The predicted octanol–water partition coefficient (Wildman–Crippen LogP) is 3.86. The van der Waals surface area contributed by atoms with E-state index in [0.717, 1.165) is 18.7 Å². The quantitative estimate of drug-likeness (QED) is 0.787. The molecule has 2 aromatic rings. The minimum absolute atomic E-state index is 0.0481. The summed E-state index contributed by atoms with van der Waals surface area (Å²) in [6, 6.07) is 11.7. The number of benzene rings is 2. The van der Waals surface area contributed by atoms with Crippen LogP contribution >= 0.6 is 0 Å². The lowest BCUT2D eigenvalue weighted by atomic mass is 9.95. The fourth-order valence-electron chi connectivity index (χ4n) is 3.10. The van der Waals surface area contributed by atoms with E-state index in [2.05, 4.69) is 31.0 Å². The molecule has 5 nitrogen and oxygen atoms in total. The van der Waals surface area contributed by atoms with Gasteiger partial charge in [0.1, 0.15) is 11.9 Å². The number of rotatable bonds is 6. The van der Waals surface area contributed by atoms with E-state index in [9.17, 15) is 4.79 Å². The van der Waals surface area contributed by atoms with Crippen LogP contribution in [-0.2, 0) is 6.54 Å². The predicted molar refractivity (Wildman–Crippen MR) is 100 cm³/mol. The Kier molecular flexibility index (Phi) is 5.47. The Bertz CT molecular complexity index is 785. The summed E-state index contributed by atoms with van der Waals surface area (Å²) in [6.45, 7) is 4.04. The molecule has 0 saturated heterocycles. The third kappa shape index (κ3) is 3.68. The maximum absolute atomic E-state index is 12.6. The van der Waals surface area contributed by atoms with Crippen LogP contribution in [0.25, 0.3) is 0 Å². The van der Waals surface area contributed by atoms with Gasteiger partial charge in [-0.1, -0.05) is 31.2 Å². The number of methoxy groups -OCH3 is 2. The number of fused-ring (bicyclic) bond motifs is 1. The molecule has 1 unspecified atom stereocenters. The molecule has 1 aliphatic heterocycles. The molecule has 26 heavy (non-hydrogen) atoms. The first-order chi connectivity index (χ1) is 12.5. The molecule has 138 valence electrons. The first kappa shape index (κ1) is 18.3. The van der Waals surface area contributed by atoms with Crippen molar-refractivity contribution in [3.05, 3.63) is 53.1 Å². The summed E-state index contributed by atoms with van der Waals surface area (Å²) in [7, 11) is 5.21. The maximum atomic E-state index is 12.6. The lowest BCUT2D eigenvalue weighted by molar-refractivity contribution is 0.0848. The average Bonchev–Trinajstić information content (AvgIpc) is 2.67. The van der Waals surface area contributed by atoms with Crippen molar-refractivity contribution in [3.63, 3.8) is 0 Å². The van der Waals surface area contributed by atoms with Crippen molar-refractivity contribution in [2.45, 2.75) is 26.0 Å². The number of ether oxygens (including phenoxy) is 3. The number of hydrogen-bond donors (Lipinski definition) is 0. The summed E-state index contributed by atoms with van der Waals surface area (Å²) in [5, 5.41) is 0. The summed E-state index contributed by atoms with van der Waals surface area (Å²) in [6.07, 6.45) is 0.0301. The zero-order valence-corrected chi connectivity index (χ0v) is 15.7. The Morgan fingerprint density at radius 2 is 1.77 bits per heavy atom. The Morgan fingerprint density at radius 3 is 2.38 bits per heavy atom. The van der Waals surface area contributed by atoms with Crippen LogP contribution < -0.4 is 14.2 Å². The molecule has 0 radical (unpaired) electrons. The van der Waals surface area contributed by atoms with Crippen molar-refractivity contribution in [3.8, 4) is 17.2 Å². The Balaban J connectivity index is 1.83. The monoisotopic (exact) mass is 355 g/mol. The molecule has 0 aliphatic carbocycles. The fraction of sp³-hybridized carbons (Fsp3) is 0.381. The topological polar surface area (TPSA) is 48.0 Å². The maximum Gasteiger partial charge on any atom is 0.170 e. The Hall–Kier alpha value is -2.53. The zero-order chi connectivity index (χ0) is 18.7. The lowest BCUT2D eigenvalue weighted by Crippen LogP contribution is -2.21. The van der Waals surface area contributed by atoms with Crippen LogP contribution in [0.5, 0.6) is 17.2 Å². The van der Waals surface area contributed by atoms with Crippen molar-refractivity contribution >= 4 is 5.78 Å². The van der Waals surface area contributed by atoms with E-state index in [4.69, 9.17) is 14.2 Å². The lowest BCUT2D eigenvalue weighted by Gasteiger charge is -2.26. The van der Waals surface area contributed by atoms with Crippen LogP contribution in [0.3, 0.4) is 0 Å². The van der Waals surface area contributed by atoms with Crippen molar-refractivity contribution in [2.75, 3.05) is 27.8 Å². The highest BCUT2D eigenvalue weighted by atomic mass is 16.5. The van der Waals surface area contributed by atoms with Gasteiger partial charge in [0.2, 0.25) is 0 Å². The molecule has 0 aromatic heterocycles. The molecule has 1 heterocycles. The smallest absolute Gasteiger partial charge is 0.170 e. The second kappa shape index (κ2) is 7.79. The molecule has 2 aromatic carbocycles. The van der Waals surface area contributed by atoms with E-state index < -0.39 is 0 Å². The molecule has 3 rings (SSSR count). The number of hydrogen-bond acceptors (Lipinski definition) is 5. The van der Waals surface area contributed by atoms with Crippen molar-refractivity contribution in [1.82, 2.24) is 4.90 Å². The van der Waals surface area contributed by atoms with Gasteiger partial charge in [-0.15, -0.1) is 0 Å². The van der Waals surface area contributed by atoms with Crippen LogP contribution in [0.2, 0.25) is 0 Å². The third-order valence-corrected chi connectivity index (χ3v) is 4.77. The first-order valence-corrected chi connectivity index (χ1v) is 8.79. The number of nitrogens with zero attached hydrogens (tertiary/aromatic N) is 1. The second-order valence-electron chi connectivity index (χ2n) is 6.51. The van der Waals surface area contributed by atoms with Crippen LogP contribution in [0.4, 0.5) is 0 Å². The number of Topliss-reactive ketones (excluding diaryl/α,β-unsaturated/α-hetero) is 1. The first-order valence-electron chi connectivity index (χ1n) is 8.79. The van der Waals surface area contributed by atoms with E-state index in [0.29, 0.717) is 29.2 Å². The van der Waals surface area contributed by atoms with E-state index in [1.54, 1.807) is 26.4 Å². The van der Waals surface area contributed by atoms with Crippen LogP contribution in [0, 0.1) is 0 Å². The van der Waals surface area contributed by atoms with Gasteiger partial charge in [0.25, 0.3) is 0 Å². The number of ketones is 1. The van der Waals surface area contributed by atoms with Crippen molar-refractivity contribution in [1.29, 1.82) is 0 Å². The average molecular weight is 355 g/mol. The van der Waals surface area contributed by atoms with Gasteiger partial charge in [-0.25, -0.2) is 0 Å². The highest BCUT2D eigenvalue weighted by molar-refractivity contribution is 6.00. The Morgan fingerprint density at radius 1 is 1.12 bits per heavy atom. The zero-order valence-electron chi connectivity index (χ0n) is 15.7. The van der Waals surface area contributed by atoms with Gasteiger partial charge in [0, 0.05) is 12.6 Å². The molecule has 0 fully saturated rings. The summed E-state index contributed by atoms with van der Waals surface area (Å²) >= 11 is 0. The van der Waals surface area contributed by atoms with Crippen molar-refractivity contribution < 1.29 is 19.0 Å². The molecule has 0 amide bonds. The molecule has 1 aliphatic rings. The molecule has 0 bridgehead atoms. The van der Waals surface area contributed by atoms with E-state index in [1.165, 1.54) is 5.56 Å². The molecule has 1 atom stereocenters. The molecule has 0 saturated carbocycles. The standard InChI is InChI=1S/C21H25NO4/c1-5-22(2)13-14-6-8-15(9-7-14)18-11-17(23)16-10-20(24-3)21(25-4)12-19(16)26-18/h6-10,12,18H,5,11,13H2,1-4H3. The molecular formula is C21H25NO4. The van der Waals surface area contributed by atoms with Crippen molar-refractivity contribution in [2.24, 2.45) is 0 Å². The number of carbonyl (C=O) groups is 1. The molecule has 0 N–H and O–H groups in total. The van der Waals surface area contributed by atoms with Gasteiger partial charge in [-0.3, -0.25) is 4.79 Å². The molecule has 5 heteroatoms. The summed E-state index contributed by atoms with van der Waals surface area (Å²) in [4.78, 5) is 14.8. The van der Waals surface area contributed by atoms with Gasteiger partial charge >= 0.3 is 0 Å². The van der Waals surface area contributed by atoms with Gasteiger partial charge in [0.15, 0.2) is 17.3 Å². The highest BCUT2D eigenvalue weighted by Crippen LogP contribution is 2.41. The van der Waals surface area contributed by atoms with Gasteiger partial charge in [-0.05, 0) is 30.8 Å². The molecular weight excluding hydrogens is 330 g/mol. The van der Waals surface area contributed by atoms with Gasteiger partial charge in [0.05, 0.1) is 26.2 Å². The van der Waals surface area contributed by atoms with Crippen LogP contribution in [-0.4, -0.2) is 38.5 Å². The minimum atomic E-state index is -0.286. The van der Waals surface area contributed by atoms with Crippen LogP contribution in [0.15, 0.2) is 36.4 Å². The minimum Gasteiger partial charge on any atom is -0.493 e. The van der Waals surface area contributed by atoms with Gasteiger partial charge in [-0.2, -0.15) is 0 Å². The summed E-state index contributed by atoms with van der Waals surface area (Å²) < 4.78 is 16.7. The Labute approximate surface area is 154 Å². The molecule has 0 spiro atoms.